The number of fused-ring (bicyclic) bond motifs is 6. The summed E-state index contributed by atoms with van der Waals surface area (Å²) in [6.45, 7) is 0. The van der Waals surface area contributed by atoms with Crippen LogP contribution in [0.2, 0.25) is 0 Å². The molecule has 0 fully saturated rings. The molecule has 3 heterocycles. The molecule has 0 aliphatic heterocycles. The standard InChI is InChI=1S/C10H6N6S/c17-10-14-13-9-15-5-11-12-8(15)6-3-1-2-4-7(6)16(9)10/h1-5H,(H,14,17). The summed E-state index contributed by atoms with van der Waals surface area (Å²) >= 11 is 5.24. The molecule has 0 radical (unpaired) electrons. The molecular weight excluding hydrogens is 236 g/mol. The van der Waals surface area contributed by atoms with E-state index >= 15 is 0 Å². The molecule has 0 saturated carbocycles. The molecule has 17 heavy (non-hydrogen) atoms. The maximum absolute atomic E-state index is 5.24. The zero-order chi connectivity index (χ0) is 11.4. The summed E-state index contributed by atoms with van der Waals surface area (Å²) in [4.78, 5) is 0. The van der Waals surface area contributed by atoms with Crippen molar-refractivity contribution in [1.82, 2.24) is 29.2 Å². The van der Waals surface area contributed by atoms with Crippen molar-refractivity contribution in [1.29, 1.82) is 0 Å². The number of nitrogens with one attached hydrogen (secondary N) is 1. The number of hydrogen-bond donors (Lipinski definition) is 1. The van der Waals surface area contributed by atoms with Gasteiger partial charge in [0.2, 0.25) is 10.5 Å². The Kier molecular flexibility index (Phi) is 1.50. The quantitative estimate of drug-likeness (QED) is 0.476. The van der Waals surface area contributed by atoms with Crippen molar-refractivity contribution in [3.63, 3.8) is 0 Å². The fourth-order valence-corrected chi connectivity index (χ4v) is 2.32. The van der Waals surface area contributed by atoms with Crippen LogP contribution in [0.3, 0.4) is 0 Å². The van der Waals surface area contributed by atoms with Gasteiger partial charge in [-0.05, 0) is 24.4 Å². The van der Waals surface area contributed by atoms with Gasteiger partial charge in [0.05, 0.1) is 5.52 Å². The van der Waals surface area contributed by atoms with E-state index < -0.39 is 0 Å². The SMILES string of the molecule is S=c1[nH]nc2n3cnnc3c3ccccc3n12. The summed E-state index contributed by atoms with van der Waals surface area (Å²) in [6, 6.07) is 7.91. The molecule has 0 saturated heterocycles. The number of para-hydroxylation sites is 1. The molecule has 0 aliphatic rings. The third-order valence-corrected chi connectivity index (χ3v) is 3.08. The van der Waals surface area contributed by atoms with E-state index in [9.17, 15) is 0 Å². The first-order valence-electron chi connectivity index (χ1n) is 5.04. The van der Waals surface area contributed by atoms with Gasteiger partial charge >= 0.3 is 0 Å². The van der Waals surface area contributed by atoms with Crippen molar-refractivity contribution >= 4 is 34.5 Å². The third kappa shape index (κ3) is 0.986. The summed E-state index contributed by atoms with van der Waals surface area (Å²) in [5.74, 6) is 0.689. The first-order valence-corrected chi connectivity index (χ1v) is 5.44. The Morgan fingerprint density at radius 1 is 1.24 bits per heavy atom. The molecule has 6 nitrogen and oxygen atoms in total. The van der Waals surface area contributed by atoms with Crippen LogP contribution in [0.1, 0.15) is 0 Å². The van der Waals surface area contributed by atoms with Gasteiger partial charge in [-0.25, -0.2) is 9.50 Å². The van der Waals surface area contributed by atoms with E-state index in [4.69, 9.17) is 12.2 Å². The number of hydrogen-bond acceptors (Lipinski definition) is 4. The Labute approximate surface area is 99.5 Å². The minimum atomic E-state index is 0.562. The number of rotatable bonds is 0. The second kappa shape index (κ2) is 2.89. The maximum Gasteiger partial charge on any atom is 0.241 e. The number of H-pyrrole nitrogens is 1. The van der Waals surface area contributed by atoms with Crippen LogP contribution in [0.15, 0.2) is 30.6 Å². The molecule has 7 heteroatoms. The second-order valence-electron chi connectivity index (χ2n) is 3.71. The van der Waals surface area contributed by atoms with Crippen molar-refractivity contribution < 1.29 is 0 Å². The van der Waals surface area contributed by atoms with Crippen molar-refractivity contribution in [3.8, 4) is 0 Å². The Morgan fingerprint density at radius 3 is 3.06 bits per heavy atom. The van der Waals surface area contributed by atoms with Crippen molar-refractivity contribution in [2.24, 2.45) is 0 Å². The highest BCUT2D eigenvalue weighted by Gasteiger charge is 2.11. The van der Waals surface area contributed by atoms with Gasteiger partial charge in [-0.15, -0.1) is 15.3 Å². The van der Waals surface area contributed by atoms with Crippen LogP contribution in [0.25, 0.3) is 22.3 Å². The molecule has 82 valence electrons. The normalized spacial score (nSPS) is 11.8. The number of nitrogens with zero attached hydrogens (tertiary/aromatic N) is 5. The average Bonchev–Trinajstić information content (AvgIpc) is 2.96. The Morgan fingerprint density at radius 2 is 2.12 bits per heavy atom. The van der Waals surface area contributed by atoms with Gasteiger partial charge in [0.1, 0.15) is 6.33 Å². The zero-order valence-corrected chi connectivity index (χ0v) is 9.35. The highest BCUT2D eigenvalue weighted by Crippen LogP contribution is 2.20. The fourth-order valence-electron chi connectivity index (χ4n) is 2.09. The Bertz CT molecular complexity index is 915. The van der Waals surface area contributed by atoms with Crippen LogP contribution in [-0.2, 0) is 0 Å². The monoisotopic (exact) mass is 242 g/mol. The van der Waals surface area contributed by atoms with Crippen molar-refractivity contribution in [2.45, 2.75) is 0 Å². The first-order chi connectivity index (χ1) is 8.36. The van der Waals surface area contributed by atoms with Gasteiger partial charge < -0.3 is 0 Å². The van der Waals surface area contributed by atoms with Crippen LogP contribution < -0.4 is 0 Å². The molecule has 1 aromatic carbocycles. The van der Waals surface area contributed by atoms with E-state index in [1.807, 2.05) is 33.1 Å². The molecule has 0 bridgehead atoms. The van der Waals surface area contributed by atoms with Crippen LogP contribution in [0.5, 0.6) is 0 Å². The lowest BCUT2D eigenvalue weighted by molar-refractivity contribution is 1.06. The lowest BCUT2D eigenvalue weighted by atomic mass is 10.2. The van der Waals surface area contributed by atoms with E-state index in [-0.39, 0.29) is 0 Å². The molecule has 0 aliphatic carbocycles. The minimum absolute atomic E-state index is 0.562. The first kappa shape index (κ1) is 8.82. The van der Waals surface area contributed by atoms with E-state index in [0.29, 0.717) is 10.5 Å². The summed E-state index contributed by atoms with van der Waals surface area (Å²) in [6.07, 6.45) is 1.63. The van der Waals surface area contributed by atoms with E-state index in [1.165, 1.54) is 0 Å². The number of benzene rings is 1. The highest BCUT2D eigenvalue weighted by atomic mass is 32.1. The molecule has 0 atom stereocenters. The molecule has 0 amide bonds. The van der Waals surface area contributed by atoms with Gasteiger partial charge in [-0.1, -0.05) is 12.1 Å². The Hall–Kier alpha value is -2.28. The predicted octanol–water partition coefficient (Wildman–Crippen LogP) is 1.59. The van der Waals surface area contributed by atoms with Gasteiger partial charge in [0.15, 0.2) is 5.65 Å². The number of aromatic amines is 1. The van der Waals surface area contributed by atoms with Gasteiger partial charge in [-0.2, -0.15) is 0 Å². The van der Waals surface area contributed by atoms with E-state index in [2.05, 4.69) is 20.4 Å². The van der Waals surface area contributed by atoms with Crippen LogP contribution in [0.4, 0.5) is 0 Å². The number of aromatic nitrogens is 6. The smallest absolute Gasteiger partial charge is 0.241 e. The summed E-state index contributed by atoms with van der Waals surface area (Å²) in [5.41, 5.74) is 1.75. The highest BCUT2D eigenvalue weighted by molar-refractivity contribution is 7.71. The molecule has 4 rings (SSSR count). The molecule has 0 unspecified atom stereocenters. The topological polar surface area (TPSA) is 63.3 Å². The maximum atomic E-state index is 5.24. The molecule has 4 aromatic rings. The largest absolute Gasteiger partial charge is 0.253 e. The predicted molar refractivity (Wildman–Crippen MR) is 64.4 cm³/mol. The molecule has 3 aromatic heterocycles. The molecule has 1 N–H and O–H groups in total. The minimum Gasteiger partial charge on any atom is -0.253 e. The van der Waals surface area contributed by atoms with Gasteiger partial charge in [-0.3, -0.25) is 4.40 Å². The summed E-state index contributed by atoms with van der Waals surface area (Å²) in [7, 11) is 0. The summed E-state index contributed by atoms with van der Waals surface area (Å²) < 4.78 is 4.25. The molecular formula is C10H6N6S. The van der Waals surface area contributed by atoms with E-state index in [0.717, 1.165) is 16.6 Å². The van der Waals surface area contributed by atoms with Crippen LogP contribution in [0, 0.1) is 4.77 Å². The average molecular weight is 242 g/mol. The molecule has 0 spiro atoms. The lowest BCUT2D eigenvalue weighted by Crippen LogP contribution is -1.97. The van der Waals surface area contributed by atoms with Gasteiger partial charge in [0, 0.05) is 5.39 Å². The van der Waals surface area contributed by atoms with Crippen LogP contribution >= 0.6 is 12.2 Å². The third-order valence-electron chi connectivity index (χ3n) is 2.80. The van der Waals surface area contributed by atoms with E-state index in [1.54, 1.807) is 6.33 Å². The van der Waals surface area contributed by atoms with Crippen molar-refractivity contribution in [3.05, 3.63) is 35.4 Å². The second-order valence-corrected chi connectivity index (χ2v) is 4.09. The fraction of sp³-hybridized carbons (Fsp3) is 0. The van der Waals surface area contributed by atoms with Crippen molar-refractivity contribution in [2.75, 3.05) is 0 Å². The van der Waals surface area contributed by atoms with Crippen LogP contribution in [-0.4, -0.2) is 29.2 Å². The Balaban J connectivity index is 2.55. The van der Waals surface area contributed by atoms with Gasteiger partial charge in [0.25, 0.3) is 0 Å². The lowest BCUT2D eigenvalue weighted by Gasteiger charge is -2.03. The zero-order valence-electron chi connectivity index (χ0n) is 8.53. The summed E-state index contributed by atoms with van der Waals surface area (Å²) in [5, 5.41) is 16.0.